The summed E-state index contributed by atoms with van der Waals surface area (Å²) in [5, 5.41) is 0.417. The summed E-state index contributed by atoms with van der Waals surface area (Å²) in [4.78, 5) is 14.7. The van der Waals surface area contributed by atoms with Crippen molar-refractivity contribution in [1.82, 2.24) is 0 Å². The second kappa shape index (κ2) is 5.78. The second-order valence-corrected chi connectivity index (χ2v) is 6.08. The van der Waals surface area contributed by atoms with Gasteiger partial charge in [0.25, 0.3) is 5.91 Å². The Morgan fingerprint density at radius 2 is 1.96 bits per heavy atom. The first-order valence-corrected chi connectivity index (χ1v) is 8.11. The Balaban J connectivity index is 1.70. The molecular formula is C18H16ClNO3. The zero-order valence-corrected chi connectivity index (χ0v) is 13.3. The number of carbonyl (C=O) groups excluding carboxylic acids is 1. The molecule has 23 heavy (non-hydrogen) atoms. The number of rotatable bonds is 1. The van der Waals surface area contributed by atoms with Gasteiger partial charge in [0.05, 0.1) is 18.2 Å². The Kier molecular flexibility index (Phi) is 3.62. The molecule has 4 nitrogen and oxygen atoms in total. The van der Waals surface area contributed by atoms with Gasteiger partial charge in [0.1, 0.15) is 0 Å². The van der Waals surface area contributed by atoms with Crippen LogP contribution in [0.15, 0.2) is 36.4 Å². The maximum Gasteiger partial charge on any atom is 0.258 e. The molecule has 0 spiro atoms. The van der Waals surface area contributed by atoms with E-state index in [1.54, 1.807) is 17.0 Å². The topological polar surface area (TPSA) is 38.8 Å². The van der Waals surface area contributed by atoms with Crippen molar-refractivity contribution in [2.75, 3.05) is 24.7 Å². The smallest absolute Gasteiger partial charge is 0.258 e. The summed E-state index contributed by atoms with van der Waals surface area (Å²) in [6, 6.07) is 11.4. The van der Waals surface area contributed by atoms with Crippen LogP contribution in [0.4, 0.5) is 5.69 Å². The van der Waals surface area contributed by atoms with E-state index in [1.165, 1.54) is 5.56 Å². The molecule has 0 aromatic heterocycles. The van der Waals surface area contributed by atoms with Crippen molar-refractivity contribution >= 4 is 23.2 Å². The fourth-order valence-electron chi connectivity index (χ4n) is 3.06. The van der Waals surface area contributed by atoms with Crippen LogP contribution in [0, 0.1) is 0 Å². The molecule has 0 fully saturated rings. The number of hydrogen-bond donors (Lipinski definition) is 0. The van der Waals surface area contributed by atoms with Crippen LogP contribution in [-0.2, 0) is 6.42 Å². The third-order valence-electron chi connectivity index (χ3n) is 4.18. The van der Waals surface area contributed by atoms with Gasteiger partial charge in [-0.05, 0) is 30.2 Å². The Bertz CT molecular complexity index is 775. The molecule has 4 rings (SSSR count). The van der Waals surface area contributed by atoms with Gasteiger partial charge in [-0.3, -0.25) is 4.79 Å². The summed E-state index contributed by atoms with van der Waals surface area (Å²) in [6.07, 6.45) is 1.67. The molecule has 0 radical (unpaired) electrons. The lowest BCUT2D eigenvalue weighted by Crippen LogP contribution is -2.28. The fourth-order valence-corrected chi connectivity index (χ4v) is 3.32. The van der Waals surface area contributed by atoms with Crippen LogP contribution in [0.2, 0.25) is 5.02 Å². The lowest BCUT2D eigenvalue weighted by atomic mass is 10.1. The van der Waals surface area contributed by atoms with Crippen LogP contribution in [0.25, 0.3) is 0 Å². The molecule has 0 aliphatic carbocycles. The molecule has 0 bridgehead atoms. The van der Waals surface area contributed by atoms with Gasteiger partial charge in [0.15, 0.2) is 11.5 Å². The van der Waals surface area contributed by atoms with Gasteiger partial charge >= 0.3 is 0 Å². The number of benzene rings is 2. The quantitative estimate of drug-likeness (QED) is 0.800. The molecule has 1 amide bonds. The van der Waals surface area contributed by atoms with Gasteiger partial charge in [-0.2, -0.15) is 0 Å². The van der Waals surface area contributed by atoms with Crippen LogP contribution in [0.3, 0.4) is 0 Å². The monoisotopic (exact) mass is 329 g/mol. The molecule has 2 aliphatic rings. The van der Waals surface area contributed by atoms with Gasteiger partial charge in [-0.15, -0.1) is 0 Å². The van der Waals surface area contributed by atoms with E-state index in [0.29, 0.717) is 41.8 Å². The number of anilines is 1. The molecule has 118 valence electrons. The predicted octanol–water partition coefficient (Wildman–Crippen LogP) is 3.70. The minimum absolute atomic E-state index is 0.0625. The standard InChI is InChI=1S/C18H16ClNO3/c19-14-10-13(11-16-17(14)23-9-3-8-22-16)18(21)20-7-6-12-4-1-2-5-15(12)20/h1-2,4-5,10-11H,3,6-9H2. The molecular weight excluding hydrogens is 314 g/mol. The average molecular weight is 330 g/mol. The van der Waals surface area contributed by atoms with Gasteiger partial charge in [-0.25, -0.2) is 0 Å². The molecule has 2 aliphatic heterocycles. The number of amides is 1. The number of fused-ring (bicyclic) bond motifs is 2. The second-order valence-electron chi connectivity index (χ2n) is 5.67. The third-order valence-corrected chi connectivity index (χ3v) is 4.46. The van der Waals surface area contributed by atoms with Crippen LogP contribution in [0.5, 0.6) is 11.5 Å². The SMILES string of the molecule is O=C(c1cc(Cl)c2c(c1)OCCCO2)N1CCc2ccccc21. The van der Waals surface area contributed by atoms with E-state index in [1.807, 2.05) is 18.2 Å². The van der Waals surface area contributed by atoms with Gasteiger partial charge in [-0.1, -0.05) is 29.8 Å². The Morgan fingerprint density at radius 1 is 1.13 bits per heavy atom. The normalized spacial score (nSPS) is 16.0. The van der Waals surface area contributed by atoms with Crippen molar-refractivity contribution in [2.24, 2.45) is 0 Å². The van der Waals surface area contributed by atoms with E-state index < -0.39 is 0 Å². The van der Waals surface area contributed by atoms with Gasteiger partial charge < -0.3 is 14.4 Å². The minimum atomic E-state index is -0.0625. The van der Waals surface area contributed by atoms with Crippen molar-refractivity contribution in [2.45, 2.75) is 12.8 Å². The molecule has 0 atom stereocenters. The van der Waals surface area contributed by atoms with Gasteiger partial charge in [0.2, 0.25) is 0 Å². The lowest BCUT2D eigenvalue weighted by molar-refractivity contribution is 0.0989. The van der Waals surface area contributed by atoms with E-state index in [9.17, 15) is 4.79 Å². The Morgan fingerprint density at radius 3 is 2.87 bits per heavy atom. The van der Waals surface area contributed by atoms with Crippen LogP contribution in [-0.4, -0.2) is 25.7 Å². The highest BCUT2D eigenvalue weighted by molar-refractivity contribution is 6.32. The average Bonchev–Trinajstić information content (AvgIpc) is 2.84. The Hall–Kier alpha value is -2.20. The summed E-state index contributed by atoms with van der Waals surface area (Å²) in [5.41, 5.74) is 2.69. The van der Waals surface area contributed by atoms with E-state index in [2.05, 4.69) is 6.07 Å². The molecule has 2 aromatic carbocycles. The zero-order chi connectivity index (χ0) is 15.8. The maximum absolute atomic E-state index is 12.9. The predicted molar refractivity (Wildman–Crippen MR) is 88.9 cm³/mol. The van der Waals surface area contributed by atoms with E-state index >= 15 is 0 Å². The zero-order valence-electron chi connectivity index (χ0n) is 12.5. The summed E-state index contributed by atoms with van der Waals surface area (Å²) in [7, 11) is 0. The van der Waals surface area contributed by atoms with Crippen LogP contribution >= 0.6 is 11.6 Å². The molecule has 5 heteroatoms. The van der Waals surface area contributed by atoms with E-state index in [0.717, 1.165) is 18.5 Å². The molecule has 0 unspecified atom stereocenters. The highest BCUT2D eigenvalue weighted by atomic mass is 35.5. The first-order chi connectivity index (χ1) is 11.2. The summed E-state index contributed by atoms with van der Waals surface area (Å²) in [5.74, 6) is 1.01. The van der Waals surface area contributed by atoms with Crippen molar-refractivity contribution in [3.05, 3.63) is 52.5 Å². The number of halogens is 1. The number of para-hydroxylation sites is 1. The maximum atomic E-state index is 12.9. The van der Waals surface area contributed by atoms with Gasteiger partial charge in [0, 0.05) is 24.2 Å². The molecule has 0 N–H and O–H groups in total. The lowest BCUT2D eigenvalue weighted by Gasteiger charge is -2.18. The van der Waals surface area contributed by atoms with Crippen LogP contribution in [0.1, 0.15) is 22.3 Å². The first-order valence-electron chi connectivity index (χ1n) is 7.73. The summed E-state index contributed by atoms with van der Waals surface area (Å²) < 4.78 is 11.3. The van der Waals surface area contributed by atoms with Crippen molar-refractivity contribution in [1.29, 1.82) is 0 Å². The molecule has 0 saturated heterocycles. The number of hydrogen-bond acceptors (Lipinski definition) is 3. The first kappa shape index (κ1) is 14.4. The summed E-state index contributed by atoms with van der Waals surface area (Å²) >= 11 is 6.30. The van der Waals surface area contributed by atoms with Crippen molar-refractivity contribution < 1.29 is 14.3 Å². The number of nitrogens with zero attached hydrogens (tertiary/aromatic N) is 1. The Labute approximate surface area is 139 Å². The van der Waals surface area contributed by atoms with Crippen molar-refractivity contribution in [3.8, 4) is 11.5 Å². The highest BCUT2D eigenvalue weighted by Crippen LogP contribution is 2.39. The van der Waals surface area contributed by atoms with E-state index in [-0.39, 0.29) is 5.91 Å². The molecule has 2 aromatic rings. The number of ether oxygens (including phenoxy) is 2. The van der Waals surface area contributed by atoms with Crippen LogP contribution < -0.4 is 14.4 Å². The highest BCUT2D eigenvalue weighted by Gasteiger charge is 2.27. The summed E-state index contributed by atoms with van der Waals surface area (Å²) in [6.45, 7) is 1.82. The third kappa shape index (κ3) is 2.53. The number of carbonyl (C=O) groups is 1. The largest absolute Gasteiger partial charge is 0.489 e. The molecule has 0 saturated carbocycles. The minimum Gasteiger partial charge on any atom is -0.489 e. The molecule has 2 heterocycles. The van der Waals surface area contributed by atoms with E-state index in [4.69, 9.17) is 21.1 Å². The fraction of sp³-hybridized carbons (Fsp3) is 0.278. The van der Waals surface area contributed by atoms with Crippen molar-refractivity contribution in [3.63, 3.8) is 0 Å².